The lowest BCUT2D eigenvalue weighted by atomic mass is 10.2. The fourth-order valence-electron chi connectivity index (χ4n) is 2.04. The van der Waals surface area contributed by atoms with Gasteiger partial charge in [-0.15, -0.1) is 10.2 Å². The number of carbonyl (C=O) groups excluding carboxylic acids is 1. The fourth-order valence-corrected chi connectivity index (χ4v) is 2.04. The molecule has 0 fully saturated rings. The lowest BCUT2D eigenvalue weighted by molar-refractivity contribution is -0.137. The Morgan fingerprint density at radius 3 is 2.78 bits per heavy atom. The van der Waals surface area contributed by atoms with Crippen molar-refractivity contribution in [3.8, 4) is 5.75 Å². The zero-order valence-corrected chi connectivity index (χ0v) is 13.9. The molecule has 1 aromatic carbocycles. The summed E-state index contributed by atoms with van der Waals surface area (Å²) in [4.78, 5) is 15.9. The maximum Gasteiger partial charge on any atom is 0.416 e. The Kier molecular flexibility index (Phi) is 5.10. The first-order valence-corrected chi connectivity index (χ1v) is 7.63. The largest absolute Gasteiger partial charge is 0.484 e. The minimum atomic E-state index is -4.47. The number of hydrogen-bond donors (Lipinski definition) is 1. The third-order valence-electron chi connectivity index (χ3n) is 3.28. The molecule has 0 aliphatic rings. The summed E-state index contributed by atoms with van der Waals surface area (Å²) in [6.45, 7) is 1.40. The van der Waals surface area contributed by atoms with Crippen LogP contribution < -0.4 is 10.1 Å². The molecule has 3 rings (SSSR count). The number of hydrogen-bond acceptors (Lipinski definition) is 7. The number of oxazole rings is 1. The van der Waals surface area contributed by atoms with Crippen LogP contribution in [0.15, 0.2) is 39.4 Å². The number of aromatic nitrogens is 3. The van der Waals surface area contributed by atoms with Crippen LogP contribution in [0.3, 0.4) is 0 Å². The molecule has 0 aliphatic carbocycles. The molecule has 2 aromatic heterocycles. The second-order valence-electron chi connectivity index (χ2n) is 5.34. The number of alkyl halides is 3. The number of nitrogens with zero attached hydrogens (tertiary/aromatic N) is 3. The van der Waals surface area contributed by atoms with Gasteiger partial charge in [-0.3, -0.25) is 4.79 Å². The first-order chi connectivity index (χ1) is 12.8. The standard InChI is InChI=1S/C16H13F3N4O4/c1-9-22-23-13(27-9)6-20-15(24)12-7-26-14(21-12)8-25-11-4-2-3-10(5-11)16(17,18)19/h2-5,7H,6,8H2,1H3,(H,20,24). The van der Waals surface area contributed by atoms with Crippen molar-refractivity contribution < 1.29 is 31.5 Å². The number of aryl methyl sites for hydroxylation is 1. The van der Waals surface area contributed by atoms with Crippen molar-refractivity contribution in [2.75, 3.05) is 0 Å². The molecule has 8 nitrogen and oxygen atoms in total. The van der Waals surface area contributed by atoms with E-state index >= 15 is 0 Å². The van der Waals surface area contributed by atoms with Crippen LogP contribution in [-0.2, 0) is 19.3 Å². The van der Waals surface area contributed by atoms with Crippen LogP contribution in [0.1, 0.15) is 33.7 Å². The zero-order chi connectivity index (χ0) is 19.4. The molecule has 3 aromatic rings. The SMILES string of the molecule is Cc1nnc(CNC(=O)c2coc(COc3cccc(C(F)(F)F)c3)n2)o1. The van der Waals surface area contributed by atoms with E-state index in [1.165, 1.54) is 12.1 Å². The van der Waals surface area contributed by atoms with Gasteiger partial charge >= 0.3 is 6.18 Å². The third kappa shape index (κ3) is 4.84. The predicted octanol–water partition coefficient (Wildman–Crippen LogP) is 2.89. The van der Waals surface area contributed by atoms with Crippen LogP contribution in [0.2, 0.25) is 0 Å². The molecule has 142 valence electrons. The molecule has 0 atom stereocenters. The van der Waals surface area contributed by atoms with Crippen molar-refractivity contribution in [1.29, 1.82) is 0 Å². The second-order valence-corrected chi connectivity index (χ2v) is 5.34. The summed E-state index contributed by atoms with van der Waals surface area (Å²) in [5.74, 6) is 0.0964. The molecule has 0 saturated heterocycles. The first-order valence-electron chi connectivity index (χ1n) is 7.63. The highest BCUT2D eigenvalue weighted by molar-refractivity contribution is 5.91. The molecule has 0 aliphatic heterocycles. The van der Waals surface area contributed by atoms with Gasteiger partial charge < -0.3 is 18.9 Å². The van der Waals surface area contributed by atoms with Gasteiger partial charge in [-0.1, -0.05) is 6.07 Å². The summed E-state index contributed by atoms with van der Waals surface area (Å²) in [6, 6.07) is 4.40. The third-order valence-corrected chi connectivity index (χ3v) is 3.28. The van der Waals surface area contributed by atoms with E-state index in [4.69, 9.17) is 13.6 Å². The summed E-state index contributed by atoms with van der Waals surface area (Å²) in [5.41, 5.74) is -0.849. The summed E-state index contributed by atoms with van der Waals surface area (Å²) in [5, 5.41) is 9.87. The average Bonchev–Trinajstić information content (AvgIpc) is 3.26. The van der Waals surface area contributed by atoms with Gasteiger partial charge in [0, 0.05) is 6.92 Å². The van der Waals surface area contributed by atoms with Crippen molar-refractivity contribution in [2.24, 2.45) is 0 Å². The molecular formula is C16H13F3N4O4. The maximum atomic E-state index is 12.7. The number of halogens is 3. The Morgan fingerprint density at radius 2 is 2.07 bits per heavy atom. The summed E-state index contributed by atoms with van der Waals surface area (Å²) >= 11 is 0. The van der Waals surface area contributed by atoms with E-state index in [1.54, 1.807) is 6.92 Å². The van der Waals surface area contributed by atoms with Gasteiger partial charge in [0.1, 0.15) is 12.0 Å². The number of ether oxygens (including phenoxy) is 1. The Hall–Kier alpha value is -3.37. The smallest absolute Gasteiger partial charge is 0.416 e. The van der Waals surface area contributed by atoms with Crippen LogP contribution in [0.4, 0.5) is 13.2 Å². The van der Waals surface area contributed by atoms with Gasteiger partial charge in [-0.2, -0.15) is 13.2 Å². The van der Waals surface area contributed by atoms with Crippen LogP contribution >= 0.6 is 0 Å². The molecule has 2 heterocycles. The normalized spacial score (nSPS) is 11.4. The van der Waals surface area contributed by atoms with Crippen molar-refractivity contribution in [1.82, 2.24) is 20.5 Å². The Morgan fingerprint density at radius 1 is 1.26 bits per heavy atom. The molecule has 1 N–H and O–H groups in total. The molecule has 0 unspecified atom stereocenters. The summed E-state index contributed by atoms with van der Waals surface area (Å²) < 4.78 is 53.5. The van der Waals surface area contributed by atoms with Gasteiger partial charge in [-0.05, 0) is 18.2 Å². The fraction of sp³-hybridized carbons (Fsp3) is 0.250. The molecule has 0 saturated carbocycles. The minimum absolute atomic E-state index is 0.000732. The van der Waals surface area contributed by atoms with E-state index in [0.29, 0.717) is 5.89 Å². The Labute approximate surface area is 150 Å². The van der Waals surface area contributed by atoms with Gasteiger partial charge in [0.05, 0.1) is 12.1 Å². The second kappa shape index (κ2) is 7.48. The van der Waals surface area contributed by atoms with Gasteiger partial charge in [0.25, 0.3) is 5.91 Å². The highest BCUT2D eigenvalue weighted by atomic mass is 19.4. The van der Waals surface area contributed by atoms with Crippen molar-refractivity contribution in [3.63, 3.8) is 0 Å². The maximum absolute atomic E-state index is 12.7. The van der Waals surface area contributed by atoms with E-state index in [2.05, 4.69) is 20.5 Å². The van der Waals surface area contributed by atoms with Crippen LogP contribution in [-0.4, -0.2) is 21.1 Å². The van der Waals surface area contributed by atoms with E-state index in [-0.39, 0.29) is 36.4 Å². The first kappa shape index (κ1) is 18.4. The van der Waals surface area contributed by atoms with Gasteiger partial charge in [0.2, 0.25) is 17.7 Å². The molecule has 11 heteroatoms. The molecular weight excluding hydrogens is 369 g/mol. The highest BCUT2D eigenvalue weighted by Gasteiger charge is 2.30. The van der Waals surface area contributed by atoms with Crippen LogP contribution in [0, 0.1) is 6.92 Å². The Balaban J connectivity index is 1.55. The molecule has 1 amide bonds. The summed E-state index contributed by atoms with van der Waals surface area (Å²) in [7, 11) is 0. The minimum Gasteiger partial charge on any atom is -0.484 e. The summed E-state index contributed by atoms with van der Waals surface area (Å²) in [6.07, 6.45) is -3.36. The van der Waals surface area contributed by atoms with Crippen molar-refractivity contribution in [3.05, 3.63) is 59.5 Å². The van der Waals surface area contributed by atoms with E-state index < -0.39 is 17.6 Å². The lowest BCUT2D eigenvalue weighted by Crippen LogP contribution is -2.23. The number of nitrogens with one attached hydrogen (secondary N) is 1. The van der Waals surface area contributed by atoms with E-state index in [0.717, 1.165) is 18.4 Å². The molecule has 0 bridgehead atoms. The molecule has 0 spiro atoms. The van der Waals surface area contributed by atoms with Crippen molar-refractivity contribution in [2.45, 2.75) is 26.3 Å². The van der Waals surface area contributed by atoms with Crippen LogP contribution in [0.25, 0.3) is 0 Å². The lowest BCUT2D eigenvalue weighted by Gasteiger charge is -2.09. The predicted molar refractivity (Wildman–Crippen MR) is 82.5 cm³/mol. The number of carbonyl (C=O) groups is 1. The molecule has 0 radical (unpaired) electrons. The highest BCUT2D eigenvalue weighted by Crippen LogP contribution is 2.31. The quantitative estimate of drug-likeness (QED) is 0.699. The Bertz CT molecular complexity index is 936. The van der Waals surface area contributed by atoms with E-state index in [1.807, 2.05) is 0 Å². The van der Waals surface area contributed by atoms with Crippen LogP contribution in [0.5, 0.6) is 5.75 Å². The van der Waals surface area contributed by atoms with Crippen molar-refractivity contribution >= 4 is 5.91 Å². The van der Waals surface area contributed by atoms with Gasteiger partial charge in [-0.25, -0.2) is 4.98 Å². The topological polar surface area (TPSA) is 103 Å². The molecule has 27 heavy (non-hydrogen) atoms. The monoisotopic (exact) mass is 382 g/mol. The van der Waals surface area contributed by atoms with E-state index in [9.17, 15) is 18.0 Å². The average molecular weight is 382 g/mol. The number of rotatable bonds is 6. The number of benzene rings is 1. The number of amides is 1. The zero-order valence-electron chi connectivity index (χ0n) is 13.9. The van der Waals surface area contributed by atoms with Gasteiger partial charge in [0.15, 0.2) is 12.3 Å².